The maximum absolute atomic E-state index is 12.6. The van der Waals surface area contributed by atoms with E-state index >= 15 is 0 Å². The third-order valence-electron chi connectivity index (χ3n) is 2.71. The zero-order chi connectivity index (χ0) is 14.9. The standard InChI is InChI=1S/C14H9F3O3/c15-14(16,17)11-5-10(6-12(18)7-11)8-1-3-9(4-2-8)13(19)20/h1-7,18H,(H,19,20). The lowest BCUT2D eigenvalue weighted by molar-refractivity contribution is -0.137. The number of carboxylic acids is 1. The number of carboxylic acid groups (broad SMARTS) is 1. The summed E-state index contributed by atoms with van der Waals surface area (Å²) in [5.74, 6) is -1.62. The van der Waals surface area contributed by atoms with E-state index in [4.69, 9.17) is 5.11 Å². The molecular weight excluding hydrogens is 273 g/mol. The second kappa shape index (κ2) is 4.88. The van der Waals surface area contributed by atoms with Crippen LogP contribution in [0, 0.1) is 0 Å². The van der Waals surface area contributed by atoms with Crippen molar-refractivity contribution >= 4 is 5.97 Å². The molecule has 0 aromatic heterocycles. The number of phenolic OH excluding ortho intramolecular Hbond substituents is 1. The van der Waals surface area contributed by atoms with Crippen molar-refractivity contribution in [1.29, 1.82) is 0 Å². The third kappa shape index (κ3) is 2.90. The lowest BCUT2D eigenvalue weighted by Crippen LogP contribution is -2.04. The van der Waals surface area contributed by atoms with Gasteiger partial charge in [-0.2, -0.15) is 13.2 Å². The molecule has 0 fully saturated rings. The summed E-state index contributed by atoms with van der Waals surface area (Å²) in [6.45, 7) is 0. The molecule has 2 N–H and O–H groups in total. The summed E-state index contributed by atoms with van der Waals surface area (Å²) in [4.78, 5) is 10.7. The van der Waals surface area contributed by atoms with Gasteiger partial charge < -0.3 is 10.2 Å². The molecule has 0 aliphatic rings. The smallest absolute Gasteiger partial charge is 0.416 e. The van der Waals surface area contributed by atoms with Crippen LogP contribution in [0.5, 0.6) is 5.75 Å². The van der Waals surface area contributed by atoms with Gasteiger partial charge in [-0.25, -0.2) is 4.79 Å². The van der Waals surface area contributed by atoms with Crippen LogP contribution in [0.25, 0.3) is 11.1 Å². The van der Waals surface area contributed by atoms with E-state index < -0.39 is 23.5 Å². The number of carbonyl (C=O) groups is 1. The Morgan fingerprint density at radius 3 is 2.05 bits per heavy atom. The Balaban J connectivity index is 2.47. The van der Waals surface area contributed by atoms with Crippen molar-refractivity contribution in [2.45, 2.75) is 6.18 Å². The second-order valence-corrected chi connectivity index (χ2v) is 4.15. The molecule has 104 valence electrons. The van der Waals surface area contributed by atoms with Gasteiger partial charge in [0.2, 0.25) is 0 Å². The summed E-state index contributed by atoms with van der Waals surface area (Å²) in [6.07, 6.45) is -4.56. The first-order valence-electron chi connectivity index (χ1n) is 5.52. The summed E-state index contributed by atoms with van der Waals surface area (Å²) in [5, 5.41) is 18.1. The average Bonchev–Trinajstić information content (AvgIpc) is 2.37. The highest BCUT2D eigenvalue weighted by atomic mass is 19.4. The predicted octanol–water partition coefficient (Wildman–Crippen LogP) is 3.78. The number of rotatable bonds is 2. The van der Waals surface area contributed by atoms with E-state index in [0.717, 1.165) is 6.07 Å². The summed E-state index contributed by atoms with van der Waals surface area (Å²) >= 11 is 0. The Kier molecular flexibility index (Phi) is 3.40. The third-order valence-corrected chi connectivity index (χ3v) is 2.71. The minimum atomic E-state index is -4.56. The van der Waals surface area contributed by atoms with Gasteiger partial charge in [-0.3, -0.25) is 0 Å². The van der Waals surface area contributed by atoms with Crippen molar-refractivity contribution in [1.82, 2.24) is 0 Å². The Morgan fingerprint density at radius 1 is 0.950 bits per heavy atom. The number of alkyl halides is 3. The normalized spacial score (nSPS) is 11.3. The van der Waals surface area contributed by atoms with E-state index in [9.17, 15) is 23.1 Å². The highest BCUT2D eigenvalue weighted by molar-refractivity contribution is 5.88. The molecule has 0 spiro atoms. The molecule has 2 rings (SSSR count). The van der Waals surface area contributed by atoms with E-state index in [1.54, 1.807) is 0 Å². The Labute approximate surface area is 111 Å². The molecule has 0 radical (unpaired) electrons. The molecule has 2 aromatic carbocycles. The molecular formula is C14H9F3O3. The van der Waals surface area contributed by atoms with Crippen LogP contribution in [0.3, 0.4) is 0 Å². The van der Waals surface area contributed by atoms with Gasteiger partial charge in [0.25, 0.3) is 0 Å². The maximum Gasteiger partial charge on any atom is 0.416 e. The molecule has 3 nitrogen and oxygen atoms in total. The minimum absolute atomic E-state index is 0.0324. The first-order valence-corrected chi connectivity index (χ1v) is 5.52. The highest BCUT2D eigenvalue weighted by Gasteiger charge is 2.31. The average molecular weight is 282 g/mol. The molecule has 0 amide bonds. The van der Waals surface area contributed by atoms with Gasteiger partial charge in [-0.1, -0.05) is 12.1 Å². The van der Waals surface area contributed by atoms with Gasteiger partial charge in [0.1, 0.15) is 5.75 Å². The zero-order valence-electron chi connectivity index (χ0n) is 9.98. The molecule has 0 unspecified atom stereocenters. The van der Waals surface area contributed by atoms with Gasteiger partial charge in [-0.15, -0.1) is 0 Å². The van der Waals surface area contributed by atoms with Crippen molar-refractivity contribution in [3.63, 3.8) is 0 Å². The van der Waals surface area contributed by atoms with E-state index in [2.05, 4.69) is 0 Å². The number of halogens is 3. The number of aromatic carboxylic acids is 1. The fourth-order valence-corrected chi connectivity index (χ4v) is 1.75. The van der Waals surface area contributed by atoms with E-state index in [1.807, 2.05) is 0 Å². The number of benzene rings is 2. The molecule has 0 aliphatic heterocycles. The summed E-state index contributed by atoms with van der Waals surface area (Å²) in [6, 6.07) is 8.07. The molecule has 20 heavy (non-hydrogen) atoms. The molecule has 0 saturated heterocycles. The van der Waals surface area contributed by atoms with Crippen molar-refractivity contribution in [2.24, 2.45) is 0 Å². The van der Waals surface area contributed by atoms with Crippen LogP contribution in [0.2, 0.25) is 0 Å². The molecule has 0 heterocycles. The first-order chi connectivity index (χ1) is 9.27. The van der Waals surface area contributed by atoms with Crippen LogP contribution in [0.4, 0.5) is 13.2 Å². The molecule has 0 saturated carbocycles. The highest BCUT2D eigenvalue weighted by Crippen LogP contribution is 2.35. The first kappa shape index (κ1) is 13.9. The largest absolute Gasteiger partial charge is 0.508 e. The van der Waals surface area contributed by atoms with Crippen LogP contribution in [0.1, 0.15) is 15.9 Å². The SMILES string of the molecule is O=C(O)c1ccc(-c2cc(O)cc(C(F)(F)F)c2)cc1. The topological polar surface area (TPSA) is 57.5 Å². The van der Waals surface area contributed by atoms with Crippen LogP contribution >= 0.6 is 0 Å². The fourth-order valence-electron chi connectivity index (χ4n) is 1.75. The molecule has 0 bridgehead atoms. The van der Waals surface area contributed by atoms with Gasteiger partial charge in [0.05, 0.1) is 11.1 Å². The Morgan fingerprint density at radius 2 is 1.55 bits per heavy atom. The Bertz CT molecular complexity index is 646. The molecule has 0 aliphatic carbocycles. The van der Waals surface area contributed by atoms with Crippen LogP contribution in [0.15, 0.2) is 42.5 Å². The van der Waals surface area contributed by atoms with E-state index in [0.29, 0.717) is 11.6 Å². The summed E-state index contributed by atoms with van der Waals surface area (Å²) < 4.78 is 37.9. The van der Waals surface area contributed by atoms with Crippen molar-refractivity contribution in [3.8, 4) is 16.9 Å². The van der Waals surface area contributed by atoms with Crippen molar-refractivity contribution < 1.29 is 28.2 Å². The lowest BCUT2D eigenvalue weighted by Gasteiger charge is -2.10. The van der Waals surface area contributed by atoms with Crippen LogP contribution in [-0.4, -0.2) is 16.2 Å². The lowest BCUT2D eigenvalue weighted by atomic mass is 10.0. The second-order valence-electron chi connectivity index (χ2n) is 4.15. The number of aromatic hydroxyl groups is 1. The monoisotopic (exact) mass is 282 g/mol. The van der Waals surface area contributed by atoms with Crippen LogP contribution < -0.4 is 0 Å². The van der Waals surface area contributed by atoms with E-state index in [-0.39, 0.29) is 11.1 Å². The molecule has 0 atom stereocenters. The van der Waals surface area contributed by atoms with Gasteiger partial charge >= 0.3 is 12.1 Å². The van der Waals surface area contributed by atoms with Gasteiger partial charge in [0, 0.05) is 0 Å². The zero-order valence-corrected chi connectivity index (χ0v) is 9.98. The van der Waals surface area contributed by atoms with Gasteiger partial charge in [-0.05, 0) is 41.5 Å². The summed E-state index contributed by atoms with van der Waals surface area (Å²) in [5.41, 5.74) is -0.384. The number of hydrogen-bond acceptors (Lipinski definition) is 2. The fraction of sp³-hybridized carbons (Fsp3) is 0.0714. The Hall–Kier alpha value is -2.50. The van der Waals surface area contributed by atoms with Gasteiger partial charge in [0.15, 0.2) is 0 Å². The summed E-state index contributed by atoms with van der Waals surface area (Å²) in [7, 11) is 0. The predicted molar refractivity (Wildman–Crippen MR) is 65.5 cm³/mol. The minimum Gasteiger partial charge on any atom is -0.508 e. The quantitative estimate of drug-likeness (QED) is 0.881. The maximum atomic E-state index is 12.6. The van der Waals surface area contributed by atoms with Crippen molar-refractivity contribution in [2.75, 3.05) is 0 Å². The number of phenols is 1. The van der Waals surface area contributed by atoms with Crippen molar-refractivity contribution in [3.05, 3.63) is 53.6 Å². The van der Waals surface area contributed by atoms with E-state index in [1.165, 1.54) is 30.3 Å². The van der Waals surface area contributed by atoms with Crippen LogP contribution in [-0.2, 0) is 6.18 Å². The molecule has 6 heteroatoms. The molecule has 2 aromatic rings. The number of hydrogen-bond donors (Lipinski definition) is 2.